The number of carbonyl (C=O) groups excluding carboxylic acids is 2. The van der Waals surface area contributed by atoms with E-state index in [1.807, 2.05) is 13.8 Å². The summed E-state index contributed by atoms with van der Waals surface area (Å²) in [5.41, 5.74) is 1.92. The Morgan fingerprint density at radius 3 is 2.17 bits per heavy atom. The van der Waals surface area contributed by atoms with Gasteiger partial charge < -0.3 is 15.0 Å². The molecule has 1 N–H and O–H groups in total. The van der Waals surface area contributed by atoms with Crippen molar-refractivity contribution in [2.75, 3.05) is 24.0 Å². The molecule has 3 aromatic rings. The van der Waals surface area contributed by atoms with Gasteiger partial charge in [0.2, 0.25) is 11.8 Å². The van der Waals surface area contributed by atoms with Gasteiger partial charge in [-0.05, 0) is 75.2 Å². The minimum Gasteiger partial charge on any atom is -0.494 e. The molecule has 214 valence electrons. The van der Waals surface area contributed by atoms with Crippen LogP contribution in [0.15, 0.2) is 77.7 Å². The number of carbonyl (C=O) groups is 2. The van der Waals surface area contributed by atoms with Crippen molar-refractivity contribution in [1.82, 2.24) is 10.2 Å². The molecule has 3 aromatic carbocycles. The molecule has 0 heterocycles. The lowest BCUT2D eigenvalue weighted by molar-refractivity contribution is -0.140. The molecule has 0 spiro atoms. The summed E-state index contributed by atoms with van der Waals surface area (Å²) in [4.78, 5) is 28.4. The topological polar surface area (TPSA) is 96.0 Å². The first kappa shape index (κ1) is 31.0. The van der Waals surface area contributed by atoms with Crippen molar-refractivity contribution in [3.63, 3.8) is 0 Å². The molecule has 8 nitrogen and oxygen atoms in total. The van der Waals surface area contributed by atoms with Crippen molar-refractivity contribution < 1.29 is 22.7 Å². The van der Waals surface area contributed by atoms with Gasteiger partial charge in [-0.1, -0.05) is 54.4 Å². The Kier molecular flexibility index (Phi) is 11.0. The molecule has 10 heteroatoms. The second-order valence-corrected chi connectivity index (χ2v) is 11.5. The third-order valence-corrected chi connectivity index (χ3v) is 8.52. The van der Waals surface area contributed by atoms with Crippen LogP contribution in [0, 0.1) is 6.92 Å². The van der Waals surface area contributed by atoms with Gasteiger partial charge in [-0.25, -0.2) is 8.42 Å². The summed E-state index contributed by atoms with van der Waals surface area (Å²) in [6.45, 7) is 7.71. The lowest BCUT2D eigenvalue weighted by atomic mass is 10.1. The van der Waals surface area contributed by atoms with Crippen molar-refractivity contribution >= 4 is 39.1 Å². The van der Waals surface area contributed by atoms with Crippen molar-refractivity contribution in [2.45, 2.75) is 51.6 Å². The molecule has 0 aromatic heterocycles. The van der Waals surface area contributed by atoms with Gasteiger partial charge in [-0.3, -0.25) is 13.9 Å². The van der Waals surface area contributed by atoms with Crippen molar-refractivity contribution in [3.8, 4) is 5.75 Å². The van der Waals surface area contributed by atoms with Crippen molar-refractivity contribution in [2.24, 2.45) is 0 Å². The number of anilines is 1. The van der Waals surface area contributed by atoms with Crippen molar-refractivity contribution in [1.29, 1.82) is 0 Å². The Morgan fingerprint density at radius 1 is 0.950 bits per heavy atom. The molecular weight excluding hydrogens is 550 g/mol. The number of rotatable bonds is 13. The average Bonchev–Trinajstić information content (AvgIpc) is 2.93. The molecule has 0 radical (unpaired) electrons. The summed E-state index contributed by atoms with van der Waals surface area (Å²) >= 11 is 6.41. The maximum Gasteiger partial charge on any atom is 0.264 e. The third-order valence-electron chi connectivity index (χ3n) is 6.36. The number of hydrogen-bond donors (Lipinski definition) is 1. The molecule has 1 atom stereocenters. The molecule has 0 saturated carbocycles. The van der Waals surface area contributed by atoms with Gasteiger partial charge in [-0.2, -0.15) is 0 Å². The van der Waals surface area contributed by atoms with E-state index in [4.69, 9.17) is 16.3 Å². The quantitative estimate of drug-likeness (QED) is 0.298. The molecule has 0 bridgehead atoms. The van der Waals surface area contributed by atoms with Crippen LogP contribution in [0.2, 0.25) is 5.02 Å². The second-order valence-electron chi connectivity index (χ2n) is 9.18. The lowest BCUT2D eigenvalue weighted by Crippen LogP contribution is -2.52. The number of aryl methyl sites for hydroxylation is 1. The first-order chi connectivity index (χ1) is 19.1. The highest BCUT2D eigenvalue weighted by molar-refractivity contribution is 7.92. The molecule has 2 amide bonds. The molecular formula is C30H36ClN3O5S. The monoisotopic (exact) mass is 585 g/mol. The summed E-state index contributed by atoms with van der Waals surface area (Å²) in [6.07, 6.45) is 0.332. The first-order valence-electron chi connectivity index (χ1n) is 13.2. The summed E-state index contributed by atoms with van der Waals surface area (Å²) in [7, 11) is -4.17. The minimum absolute atomic E-state index is 0.0118. The SMILES string of the molecule is CCNC(=O)[C@@H](CC)N(Cc1ccccc1Cl)C(=O)CN(c1ccc(C)cc1)S(=O)(=O)c1ccc(OCC)cc1. The predicted molar refractivity (Wildman–Crippen MR) is 158 cm³/mol. The van der Waals surface area contributed by atoms with Gasteiger partial charge >= 0.3 is 0 Å². The van der Waals surface area contributed by atoms with E-state index < -0.39 is 28.5 Å². The highest BCUT2D eigenvalue weighted by Gasteiger charge is 2.33. The Bertz CT molecular complexity index is 1400. The zero-order valence-electron chi connectivity index (χ0n) is 23.3. The van der Waals surface area contributed by atoms with Gasteiger partial charge in [0.15, 0.2) is 0 Å². The number of ether oxygens (including phenoxy) is 1. The number of amides is 2. The fourth-order valence-electron chi connectivity index (χ4n) is 4.26. The largest absolute Gasteiger partial charge is 0.494 e. The third kappa shape index (κ3) is 7.55. The van der Waals surface area contributed by atoms with Crippen LogP contribution in [0.4, 0.5) is 5.69 Å². The summed E-state index contributed by atoms with van der Waals surface area (Å²) in [6, 6.07) is 19.2. The molecule has 0 aliphatic heterocycles. The van der Waals surface area contributed by atoms with Crippen LogP contribution in [0.1, 0.15) is 38.3 Å². The Hall–Kier alpha value is -3.56. The molecule has 0 aliphatic rings. The van der Waals surface area contributed by atoms with E-state index in [9.17, 15) is 18.0 Å². The number of nitrogens with one attached hydrogen (secondary N) is 1. The van der Waals surface area contributed by atoms with Crippen molar-refractivity contribution in [3.05, 3.63) is 88.9 Å². The molecule has 0 fully saturated rings. The second kappa shape index (κ2) is 14.2. The van der Waals surface area contributed by atoms with E-state index in [0.717, 1.165) is 9.87 Å². The summed E-state index contributed by atoms with van der Waals surface area (Å²) in [5, 5.41) is 3.23. The molecule has 0 unspecified atom stereocenters. The van der Waals surface area contributed by atoms with E-state index in [0.29, 0.717) is 41.6 Å². The van der Waals surface area contributed by atoms with E-state index in [-0.39, 0.29) is 17.3 Å². The van der Waals surface area contributed by atoms with Crippen LogP contribution < -0.4 is 14.4 Å². The highest BCUT2D eigenvalue weighted by atomic mass is 35.5. The minimum atomic E-state index is -4.17. The molecule has 40 heavy (non-hydrogen) atoms. The van der Waals surface area contributed by atoms with Crippen LogP contribution in [-0.4, -0.2) is 50.9 Å². The van der Waals surface area contributed by atoms with Crippen LogP contribution in [-0.2, 0) is 26.2 Å². The van der Waals surface area contributed by atoms with Gasteiger partial charge in [0, 0.05) is 18.1 Å². The van der Waals surface area contributed by atoms with Crippen LogP contribution >= 0.6 is 11.6 Å². The fourth-order valence-corrected chi connectivity index (χ4v) is 5.87. The molecule has 3 rings (SSSR count). The predicted octanol–water partition coefficient (Wildman–Crippen LogP) is 5.19. The summed E-state index contributed by atoms with van der Waals surface area (Å²) < 4.78 is 34.4. The normalized spacial score (nSPS) is 11.9. The summed E-state index contributed by atoms with van der Waals surface area (Å²) in [5.74, 6) is -0.312. The number of likely N-dealkylation sites (N-methyl/N-ethyl adjacent to an activating group) is 1. The number of hydrogen-bond acceptors (Lipinski definition) is 5. The Labute approximate surface area is 241 Å². The van der Waals surface area contributed by atoms with Crippen LogP contribution in [0.3, 0.4) is 0 Å². The zero-order valence-corrected chi connectivity index (χ0v) is 24.8. The number of nitrogens with zero attached hydrogens (tertiary/aromatic N) is 2. The van der Waals surface area contributed by atoms with Crippen LogP contribution in [0.25, 0.3) is 0 Å². The smallest absolute Gasteiger partial charge is 0.264 e. The van der Waals surface area contributed by atoms with Gasteiger partial charge in [0.05, 0.1) is 17.2 Å². The standard InChI is InChI=1S/C30H36ClN3O5S/c1-5-28(30(36)32-6-2)33(20-23-10-8-9-11-27(23)31)29(35)21-34(24-14-12-22(4)13-15-24)40(37,38)26-18-16-25(17-19-26)39-7-3/h8-19,28H,5-7,20-21H2,1-4H3,(H,32,36)/t28-/m1/s1. The lowest BCUT2D eigenvalue weighted by Gasteiger charge is -2.33. The molecule has 0 aliphatic carbocycles. The van der Waals surface area contributed by atoms with E-state index in [1.165, 1.54) is 17.0 Å². The highest BCUT2D eigenvalue weighted by Crippen LogP contribution is 2.27. The van der Waals surface area contributed by atoms with E-state index >= 15 is 0 Å². The molecule has 0 saturated heterocycles. The first-order valence-corrected chi connectivity index (χ1v) is 15.1. The fraction of sp³-hybridized carbons (Fsp3) is 0.333. The average molecular weight is 586 g/mol. The van der Waals surface area contributed by atoms with Gasteiger partial charge in [-0.15, -0.1) is 0 Å². The zero-order chi connectivity index (χ0) is 29.3. The van der Waals surface area contributed by atoms with Crippen LogP contribution in [0.5, 0.6) is 5.75 Å². The van der Waals surface area contributed by atoms with Gasteiger partial charge in [0.1, 0.15) is 18.3 Å². The van der Waals surface area contributed by atoms with E-state index in [1.54, 1.807) is 74.5 Å². The number of sulfonamides is 1. The van der Waals surface area contributed by atoms with E-state index in [2.05, 4.69) is 5.32 Å². The number of benzene rings is 3. The Balaban J connectivity index is 2.05. The number of halogens is 1. The maximum atomic E-state index is 14.0. The van der Waals surface area contributed by atoms with Gasteiger partial charge in [0.25, 0.3) is 10.0 Å². The maximum absolute atomic E-state index is 14.0. The Morgan fingerprint density at radius 2 is 1.60 bits per heavy atom.